The summed E-state index contributed by atoms with van der Waals surface area (Å²) in [4.78, 5) is 11.8. The number of esters is 1. The molecule has 3 heteroatoms. The molecule has 0 bridgehead atoms. The van der Waals surface area contributed by atoms with E-state index in [-0.39, 0.29) is 11.6 Å². The molecule has 0 spiro atoms. The van der Waals surface area contributed by atoms with Crippen LogP contribution in [-0.4, -0.2) is 24.2 Å². The molecule has 1 aliphatic carbocycles. The van der Waals surface area contributed by atoms with E-state index in [0.717, 1.165) is 0 Å². The summed E-state index contributed by atoms with van der Waals surface area (Å²) in [7, 11) is 0. The first-order valence-electron chi connectivity index (χ1n) is 8.92. The average molecular weight is 297 g/mol. The number of hydrogen-bond donors (Lipinski definition) is 1. The van der Waals surface area contributed by atoms with Crippen molar-refractivity contribution in [2.45, 2.75) is 103 Å². The van der Waals surface area contributed by atoms with E-state index in [9.17, 15) is 4.79 Å². The summed E-state index contributed by atoms with van der Waals surface area (Å²) >= 11 is 0. The van der Waals surface area contributed by atoms with Crippen molar-refractivity contribution < 1.29 is 9.53 Å². The molecular weight excluding hydrogens is 262 g/mol. The fourth-order valence-corrected chi connectivity index (χ4v) is 2.97. The van der Waals surface area contributed by atoms with Crippen LogP contribution in [0.15, 0.2) is 0 Å². The molecule has 0 atom stereocenters. The molecule has 0 heterocycles. The van der Waals surface area contributed by atoms with Crippen molar-refractivity contribution in [3.8, 4) is 0 Å². The van der Waals surface area contributed by atoms with E-state index in [4.69, 9.17) is 4.74 Å². The predicted molar refractivity (Wildman–Crippen MR) is 88.4 cm³/mol. The van der Waals surface area contributed by atoms with Crippen molar-refractivity contribution in [3.63, 3.8) is 0 Å². The molecule has 0 aromatic heterocycles. The van der Waals surface area contributed by atoms with E-state index < -0.39 is 0 Å². The molecule has 0 amide bonds. The third-order valence-corrected chi connectivity index (χ3v) is 4.06. The molecule has 3 nitrogen and oxygen atoms in total. The van der Waals surface area contributed by atoms with Gasteiger partial charge < -0.3 is 10.1 Å². The van der Waals surface area contributed by atoms with Crippen LogP contribution in [0.3, 0.4) is 0 Å². The fourth-order valence-electron chi connectivity index (χ4n) is 2.97. The van der Waals surface area contributed by atoms with E-state index in [1.165, 1.54) is 70.6 Å². The molecule has 1 N–H and O–H groups in total. The highest BCUT2D eigenvalue weighted by molar-refractivity contribution is 5.72. The van der Waals surface area contributed by atoms with E-state index in [1.54, 1.807) is 0 Å². The van der Waals surface area contributed by atoms with Gasteiger partial charge in [0.15, 0.2) is 0 Å². The van der Waals surface area contributed by atoms with Gasteiger partial charge in [-0.1, -0.05) is 57.8 Å². The minimum Gasteiger partial charge on any atom is -0.459 e. The van der Waals surface area contributed by atoms with Gasteiger partial charge in [-0.2, -0.15) is 0 Å². The van der Waals surface area contributed by atoms with E-state index in [1.807, 2.05) is 20.8 Å². The van der Waals surface area contributed by atoms with Gasteiger partial charge in [-0.3, -0.25) is 4.79 Å². The SMILES string of the molecule is CC(C)(C)OC(=O)CNC1CCCCCCCCCCC1. The Morgan fingerprint density at radius 1 is 0.905 bits per heavy atom. The molecule has 1 rings (SSSR count). The smallest absolute Gasteiger partial charge is 0.320 e. The lowest BCUT2D eigenvalue weighted by Crippen LogP contribution is -2.37. The summed E-state index contributed by atoms with van der Waals surface area (Å²) in [5.41, 5.74) is -0.384. The van der Waals surface area contributed by atoms with Gasteiger partial charge in [-0.05, 0) is 33.6 Å². The van der Waals surface area contributed by atoms with E-state index >= 15 is 0 Å². The minimum atomic E-state index is -0.384. The van der Waals surface area contributed by atoms with Crippen LogP contribution in [-0.2, 0) is 9.53 Å². The highest BCUT2D eigenvalue weighted by atomic mass is 16.6. The Morgan fingerprint density at radius 2 is 1.33 bits per heavy atom. The Balaban J connectivity index is 2.29. The van der Waals surface area contributed by atoms with Crippen molar-refractivity contribution in [2.75, 3.05) is 6.54 Å². The van der Waals surface area contributed by atoms with Crippen LogP contribution in [0.2, 0.25) is 0 Å². The topological polar surface area (TPSA) is 38.3 Å². The molecule has 0 radical (unpaired) electrons. The van der Waals surface area contributed by atoms with Crippen molar-refractivity contribution in [2.24, 2.45) is 0 Å². The zero-order valence-electron chi connectivity index (χ0n) is 14.4. The Bertz CT molecular complexity index is 271. The molecule has 0 aliphatic heterocycles. The van der Waals surface area contributed by atoms with Gasteiger partial charge in [-0.15, -0.1) is 0 Å². The minimum absolute atomic E-state index is 0.131. The molecule has 0 aromatic carbocycles. The largest absolute Gasteiger partial charge is 0.459 e. The molecule has 1 saturated carbocycles. The maximum atomic E-state index is 11.8. The first-order valence-corrected chi connectivity index (χ1v) is 8.92. The summed E-state index contributed by atoms with van der Waals surface area (Å²) in [6.45, 7) is 6.10. The molecule has 1 aliphatic rings. The fraction of sp³-hybridized carbons (Fsp3) is 0.944. The standard InChI is InChI=1S/C18H35NO2/c1-18(2,3)21-17(20)15-19-16-13-11-9-7-5-4-6-8-10-12-14-16/h16,19H,4-15H2,1-3H3. The second-order valence-electron chi connectivity index (χ2n) is 7.42. The van der Waals surface area contributed by atoms with Crippen molar-refractivity contribution >= 4 is 5.97 Å². The number of rotatable bonds is 3. The summed E-state index contributed by atoms with van der Waals surface area (Å²) < 4.78 is 5.36. The highest BCUT2D eigenvalue weighted by Crippen LogP contribution is 2.17. The molecular formula is C18H35NO2. The Hall–Kier alpha value is -0.570. The number of carbonyl (C=O) groups is 1. The van der Waals surface area contributed by atoms with Gasteiger partial charge in [-0.25, -0.2) is 0 Å². The maximum Gasteiger partial charge on any atom is 0.320 e. The first kappa shape index (κ1) is 18.5. The zero-order chi connectivity index (χ0) is 15.6. The quantitative estimate of drug-likeness (QED) is 0.774. The van der Waals surface area contributed by atoms with Gasteiger partial charge in [0.25, 0.3) is 0 Å². The summed E-state index contributed by atoms with van der Waals surface area (Å²) in [5.74, 6) is -0.131. The van der Waals surface area contributed by atoms with Gasteiger partial charge >= 0.3 is 5.97 Å². The summed E-state index contributed by atoms with van der Waals surface area (Å²) in [6, 6.07) is 0.483. The number of hydrogen-bond acceptors (Lipinski definition) is 3. The zero-order valence-corrected chi connectivity index (χ0v) is 14.4. The Labute approximate surface area is 131 Å². The first-order chi connectivity index (χ1) is 9.97. The Kier molecular flexibility index (Phi) is 8.98. The lowest BCUT2D eigenvalue weighted by atomic mass is 9.98. The van der Waals surface area contributed by atoms with Crippen LogP contribution in [0.4, 0.5) is 0 Å². The van der Waals surface area contributed by atoms with E-state index in [2.05, 4.69) is 5.32 Å². The lowest BCUT2D eigenvalue weighted by Gasteiger charge is -2.22. The summed E-state index contributed by atoms with van der Waals surface area (Å²) in [6.07, 6.45) is 14.6. The van der Waals surface area contributed by atoms with Crippen LogP contribution >= 0.6 is 0 Å². The Morgan fingerprint density at radius 3 is 1.76 bits per heavy atom. The average Bonchev–Trinajstić information content (AvgIpc) is 2.36. The lowest BCUT2D eigenvalue weighted by molar-refractivity contribution is -0.153. The van der Waals surface area contributed by atoms with Gasteiger partial charge in [0.05, 0.1) is 6.54 Å². The second kappa shape index (κ2) is 10.2. The predicted octanol–water partition coefficient (Wildman–Crippen LogP) is 4.59. The molecule has 1 fully saturated rings. The van der Waals surface area contributed by atoms with Gasteiger partial charge in [0.1, 0.15) is 5.60 Å². The number of carbonyl (C=O) groups excluding carboxylic acids is 1. The third kappa shape index (κ3) is 10.8. The number of nitrogens with one attached hydrogen (secondary N) is 1. The normalized spacial score (nSPS) is 20.3. The van der Waals surface area contributed by atoms with Crippen LogP contribution in [0, 0.1) is 0 Å². The van der Waals surface area contributed by atoms with Crippen LogP contribution in [0.1, 0.15) is 91.4 Å². The third-order valence-electron chi connectivity index (χ3n) is 4.06. The van der Waals surface area contributed by atoms with Gasteiger partial charge in [0, 0.05) is 6.04 Å². The molecule has 0 aromatic rings. The van der Waals surface area contributed by atoms with Crippen LogP contribution in [0.25, 0.3) is 0 Å². The van der Waals surface area contributed by atoms with Crippen molar-refractivity contribution in [1.29, 1.82) is 0 Å². The number of ether oxygens (including phenoxy) is 1. The molecule has 0 unspecified atom stereocenters. The molecule has 0 saturated heterocycles. The highest BCUT2D eigenvalue weighted by Gasteiger charge is 2.17. The molecule has 21 heavy (non-hydrogen) atoms. The maximum absolute atomic E-state index is 11.8. The van der Waals surface area contributed by atoms with Crippen LogP contribution in [0.5, 0.6) is 0 Å². The second-order valence-corrected chi connectivity index (χ2v) is 7.42. The van der Waals surface area contributed by atoms with Crippen molar-refractivity contribution in [3.05, 3.63) is 0 Å². The monoisotopic (exact) mass is 297 g/mol. The summed E-state index contributed by atoms with van der Waals surface area (Å²) in [5, 5.41) is 3.42. The van der Waals surface area contributed by atoms with E-state index in [0.29, 0.717) is 12.6 Å². The molecule has 124 valence electrons. The van der Waals surface area contributed by atoms with Crippen molar-refractivity contribution in [1.82, 2.24) is 5.32 Å². The van der Waals surface area contributed by atoms with Gasteiger partial charge in [0.2, 0.25) is 0 Å². The van der Waals surface area contributed by atoms with Crippen LogP contribution < -0.4 is 5.32 Å².